The van der Waals surface area contributed by atoms with Gasteiger partial charge in [-0.3, -0.25) is 4.79 Å². The summed E-state index contributed by atoms with van der Waals surface area (Å²) in [5.41, 5.74) is 3.34. The number of ether oxygens (including phenoxy) is 2. The summed E-state index contributed by atoms with van der Waals surface area (Å²) < 4.78 is 11.6. The molecule has 0 bridgehead atoms. The smallest absolute Gasteiger partial charge is 0.316 e. The highest BCUT2D eigenvalue weighted by Gasteiger charge is 2.25. The second-order valence-corrected chi connectivity index (χ2v) is 7.63. The van der Waals surface area contributed by atoms with E-state index in [4.69, 9.17) is 9.47 Å². The van der Waals surface area contributed by atoms with Crippen molar-refractivity contribution in [3.8, 4) is 22.9 Å². The van der Waals surface area contributed by atoms with Gasteiger partial charge in [-0.2, -0.15) is 0 Å². The summed E-state index contributed by atoms with van der Waals surface area (Å²) >= 11 is 0. The number of amides is 1. The lowest BCUT2D eigenvalue weighted by Crippen LogP contribution is -2.46. The van der Waals surface area contributed by atoms with E-state index in [1.807, 2.05) is 42.5 Å². The number of aryl methyl sites for hydroxylation is 1. The van der Waals surface area contributed by atoms with Gasteiger partial charge in [0.2, 0.25) is 0 Å². The van der Waals surface area contributed by atoms with Crippen LogP contribution in [0.15, 0.2) is 67.0 Å². The molecule has 6 heteroatoms. The Bertz CT molecular complexity index is 975. The van der Waals surface area contributed by atoms with Gasteiger partial charge in [-0.05, 0) is 48.1 Å². The molecule has 6 nitrogen and oxygen atoms in total. The number of carbonyl (C=O) groups is 1. The minimum atomic E-state index is -0.102. The number of hydrogen-bond acceptors (Lipinski definition) is 5. The van der Waals surface area contributed by atoms with Crippen LogP contribution in [0.2, 0.25) is 0 Å². The summed E-state index contributed by atoms with van der Waals surface area (Å²) in [5, 5.41) is 0. The number of carbonyl (C=O) groups excluding carboxylic acids is 1. The second-order valence-electron chi connectivity index (χ2n) is 7.63. The fourth-order valence-electron chi connectivity index (χ4n) is 3.61. The molecule has 1 unspecified atom stereocenters. The van der Waals surface area contributed by atoms with Crippen molar-refractivity contribution in [1.29, 1.82) is 0 Å². The maximum absolute atomic E-state index is 12.7. The van der Waals surface area contributed by atoms with Gasteiger partial charge in [0.1, 0.15) is 11.9 Å². The van der Waals surface area contributed by atoms with Crippen molar-refractivity contribution in [3.63, 3.8) is 0 Å². The average molecular weight is 418 g/mol. The zero-order chi connectivity index (χ0) is 21.5. The molecule has 160 valence electrons. The molecule has 1 aliphatic heterocycles. The summed E-state index contributed by atoms with van der Waals surface area (Å²) in [5.74, 6) is 0.643. The van der Waals surface area contributed by atoms with Crippen LogP contribution in [0.3, 0.4) is 0 Å². The Balaban J connectivity index is 1.28. The molecule has 1 aliphatic rings. The van der Waals surface area contributed by atoms with Gasteiger partial charge in [-0.15, -0.1) is 0 Å². The third kappa shape index (κ3) is 5.60. The molecule has 1 atom stereocenters. The molecule has 1 amide bonds. The minimum absolute atomic E-state index is 0.0130. The first-order valence-corrected chi connectivity index (χ1v) is 10.7. The van der Waals surface area contributed by atoms with E-state index in [1.54, 1.807) is 17.3 Å². The molecule has 0 radical (unpaired) electrons. The summed E-state index contributed by atoms with van der Waals surface area (Å²) in [6.45, 7) is 3.31. The van der Waals surface area contributed by atoms with Gasteiger partial charge in [0.25, 0.3) is 5.91 Å². The number of benzene rings is 2. The number of rotatable bonds is 7. The molecule has 0 saturated carbocycles. The third-order valence-electron chi connectivity index (χ3n) is 5.42. The molecule has 0 aliphatic carbocycles. The second kappa shape index (κ2) is 10.1. The van der Waals surface area contributed by atoms with Gasteiger partial charge in [0, 0.05) is 18.9 Å². The molecule has 0 N–H and O–H groups in total. The van der Waals surface area contributed by atoms with E-state index in [-0.39, 0.29) is 18.6 Å². The number of likely N-dealkylation sites (tertiary alicyclic amines) is 1. The molecular weight excluding hydrogens is 390 g/mol. The van der Waals surface area contributed by atoms with Gasteiger partial charge in [-0.25, -0.2) is 9.97 Å². The molecule has 31 heavy (non-hydrogen) atoms. The predicted octanol–water partition coefficient (Wildman–Crippen LogP) is 4.15. The van der Waals surface area contributed by atoms with E-state index in [9.17, 15) is 4.79 Å². The Morgan fingerprint density at radius 2 is 1.74 bits per heavy atom. The van der Waals surface area contributed by atoms with Crippen molar-refractivity contribution in [1.82, 2.24) is 14.9 Å². The van der Waals surface area contributed by atoms with Gasteiger partial charge in [-0.1, -0.05) is 49.4 Å². The predicted molar refractivity (Wildman–Crippen MR) is 119 cm³/mol. The fraction of sp³-hybridized carbons (Fsp3) is 0.320. The molecule has 2 heterocycles. The van der Waals surface area contributed by atoms with E-state index in [0.29, 0.717) is 24.8 Å². The van der Waals surface area contributed by atoms with E-state index in [0.717, 1.165) is 36.0 Å². The van der Waals surface area contributed by atoms with Crippen LogP contribution in [0.5, 0.6) is 11.8 Å². The normalized spacial score (nSPS) is 16.0. The molecule has 0 spiro atoms. The van der Waals surface area contributed by atoms with E-state index >= 15 is 0 Å². The summed E-state index contributed by atoms with van der Waals surface area (Å²) in [6.07, 6.45) is 6.12. The summed E-state index contributed by atoms with van der Waals surface area (Å²) in [4.78, 5) is 23.0. The van der Waals surface area contributed by atoms with Crippen LogP contribution in [0.25, 0.3) is 11.1 Å². The quantitative estimate of drug-likeness (QED) is 0.578. The minimum Gasteiger partial charge on any atom is -0.484 e. The van der Waals surface area contributed by atoms with Crippen LogP contribution < -0.4 is 9.47 Å². The van der Waals surface area contributed by atoms with Crippen molar-refractivity contribution >= 4 is 5.91 Å². The number of piperidine rings is 1. The third-order valence-corrected chi connectivity index (χ3v) is 5.42. The van der Waals surface area contributed by atoms with Crippen molar-refractivity contribution in [2.24, 2.45) is 0 Å². The van der Waals surface area contributed by atoms with Crippen molar-refractivity contribution in [2.45, 2.75) is 32.3 Å². The first kappa shape index (κ1) is 20.8. The van der Waals surface area contributed by atoms with Crippen molar-refractivity contribution in [3.05, 3.63) is 72.6 Å². The molecular formula is C25H27N3O3. The SMILES string of the molecule is CCc1cnc(OC2CCCN(C(=O)COc3ccc(-c4ccccc4)cc3)C2)nc1. The Morgan fingerprint density at radius 3 is 2.45 bits per heavy atom. The largest absolute Gasteiger partial charge is 0.484 e. The van der Waals surface area contributed by atoms with Gasteiger partial charge in [0.15, 0.2) is 6.61 Å². The Hall–Kier alpha value is -3.41. The van der Waals surface area contributed by atoms with Crippen LogP contribution >= 0.6 is 0 Å². The highest BCUT2D eigenvalue weighted by atomic mass is 16.5. The molecule has 1 fully saturated rings. The zero-order valence-corrected chi connectivity index (χ0v) is 17.7. The van der Waals surface area contributed by atoms with Crippen LogP contribution in [0, 0.1) is 0 Å². The zero-order valence-electron chi connectivity index (χ0n) is 17.7. The van der Waals surface area contributed by atoms with Gasteiger partial charge >= 0.3 is 6.01 Å². The maximum Gasteiger partial charge on any atom is 0.316 e. The maximum atomic E-state index is 12.7. The first-order chi connectivity index (χ1) is 15.2. The fourth-order valence-corrected chi connectivity index (χ4v) is 3.61. The van der Waals surface area contributed by atoms with E-state index < -0.39 is 0 Å². The summed E-state index contributed by atoms with van der Waals surface area (Å²) in [7, 11) is 0. The van der Waals surface area contributed by atoms with Crippen LogP contribution in [0.1, 0.15) is 25.3 Å². The molecule has 2 aromatic carbocycles. The van der Waals surface area contributed by atoms with Crippen LogP contribution in [0.4, 0.5) is 0 Å². The van der Waals surface area contributed by atoms with E-state index in [2.05, 4.69) is 29.0 Å². The standard InChI is InChI=1S/C25H27N3O3/c1-2-19-15-26-25(27-16-19)31-23-9-6-14-28(17-23)24(29)18-30-22-12-10-21(11-13-22)20-7-4-3-5-8-20/h3-5,7-8,10-13,15-16,23H,2,6,9,14,17-18H2,1H3. The molecule has 1 saturated heterocycles. The van der Waals surface area contributed by atoms with Crippen molar-refractivity contribution in [2.75, 3.05) is 19.7 Å². The van der Waals surface area contributed by atoms with Crippen LogP contribution in [-0.2, 0) is 11.2 Å². The average Bonchev–Trinajstić information content (AvgIpc) is 2.84. The number of nitrogens with zero attached hydrogens (tertiary/aromatic N) is 3. The topological polar surface area (TPSA) is 64.5 Å². The Morgan fingerprint density at radius 1 is 1.03 bits per heavy atom. The van der Waals surface area contributed by atoms with Crippen molar-refractivity contribution < 1.29 is 14.3 Å². The van der Waals surface area contributed by atoms with Crippen LogP contribution in [-0.4, -0.2) is 46.6 Å². The number of hydrogen-bond donors (Lipinski definition) is 0. The molecule has 4 rings (SSSR count). The number of aromatic nitrogens is 2. The lowest BCUT2D eigenvalue weighted by atomic mass is 10.1. The summed E-state index contributed by atoms with van der Waals surface area (Å²) in [6, 6.07) is 18.3. The lowest BCUT2D eigenvalue weighted by Gasteiger charge is -2.32. The highest BCUT2D eigenvalue weighted by molar-refractivity contribution is 5.78. The Kier molecular flexibility index (Phi) is 6.77. The highest BCUT2D eigenvalue weighted by Crippen LogP contribution is 2.22. The van der Waals surface area contributed by atoms with Gasteiger partial charge < -0.3 is 14.4 Å². The monoisotopic (exact) mass is 417 g/mol. The lowest BCUT2D eigenvalue weighted by molar-refractivity contribution is -0.136. The van der Waals surface area contributed by atoms with E-state index in [1.165, 1.54) is 0 Å². The molecule has 1 aromatic heterocycles. The Labute approximate surface area is 182 Å². The first-order valence-electron chi connectivity index (χ1n) is 10.7. The van der Waals surface area contributed by atoms with Gasteiger partial charge in [0.05, 0.1) is 6.54 Å². The molecule has 3 aromatic rings.